The van der Waals surface area contributed by atoms with Gasteiger partial charge in [0.15, 0.2) is 6.61 Å². The smallest absolute Gasteiger partial charge is 0.261 e. The number of hydrogen-bond acceptors (Lipinski definition) is 6. The highest BCUT2D eigenvalue weighted by molar-refractivity contribution is 7.92. The normalized spacial score (nSPS) is 11.5. The van der Waals surface area contributed by atoms with Crippen LogP contribution in [0.1, 0.15) is 5.82 Å². The molecule has 7 nitrogen and oxygen atoms in total. The zero-order valence-electron chi connectivity index (χ0n) is 18.0. The summed E-state index contributed by atoms with van der Waals surface area (Å²) in [4.78, 5) is 4.42. The van der Waals surface area contributed by atoms with Crippen LogP contribution in [-0.2, 0) is 16.6 Å². The molecule has 1 heterocycles. The summed E-state index contributed by atoms with van der Waals surface area (Å²) >= 11 is 11.9. The fraction of sp³-hybridized carbons (Fsp3) is 0.0400. The molecule has 0 atom stereocenters. The van der Waals surface area contributed by atoms with Crippen LogP contribution in [0.5, 0.6) is 5.75 Å². The number of halogens is 2. The summed E-state index contributed by atoms with van der Waals surface area (Å²) < 4.78 is 39.3. The Morgan fingerprint density at radius 3 is 2.43 bits per heavy atom. The van der Waals surface area contributed by atoms with Gasteiger partial charge in [0.05, 0.1) is 4.90 Å². The fourth-order valence-electron chi connectivity index (χ4n) is 3.52. The minimum atomic E-state index is -3.89. The predicted octanol–water partition coefficient (Wildman–Crippen LogP) is 6.58. The van der Waals surface area contributed by atoms with Crippen LogP contribution in [0.3, 0.4) is 0 Å². The molecule has 10 heteroatoms. The Bertz CT molecular complexity index is 1600. The standard InChI is InChI=1S/C25H17Cl2N3O4S/c26-17-12-18(27)14-21(13-17)35(31,32)30-19-9-10-22-16(11-19)5-4-8-23(22)25-28-24(29-34-25)15-33-20-6-2-1-3-7-20/h1-14,30H,15H2. The van der Waals surface area contributed by atoms with E-state index in [0.29, 0.717) is 23.2 Å². The quantitative estimate of drug-likeness (QED) is 0.258. The Morgan fingerprint density at radius 2 is 1.66 bits per heavy atom. The highest BCUT2D eigenvalue weighted by Crippen LogP contribution is 2.31. The summed E-state index contributed by atoms with van der Waals surface area (Å²) in [7, 11) is -3.89. The van der Waals surface area contributed by atoms with E-state index >= 15 is 0 Å². The summed E-state index contributed by atoms with van der Waals surface area (Å²) in [5.74, 6) is 1.45. The van der Waals surface area contributed by atoms with Gasteiger partial charge in [-0.15, -0.1) is 0 Å². The van der Waals surface area contributed by atoms with Gasteiger partial charge >= 0.3 is 0 Å². The Morgan fingerprint density at radius 1 is 0.886 bits per heavy atom. The minimum Gasteiger partial charge on any atom is -0.485 e. The van der Waals surface area contributed by atoms with E-state index in [9.17, 15) is 8.42 Å². The first-order chi connectivity index (χ1) is 16.9. The zero-order chi connectivity index (χ0) is 24.4. The van der Waals surface area contributed by atoms with Crippen LogP contribution in [-0.4, -0.2) is 18.6 Å². The van der Waals surface area contributed by atoms with Crippen molar-refractivity contribution < 1.29 is 17.7 Å². The van der Waals surface area contributed by atoms with Gasteiger partial charge in [-0.05, 0) is 59.3 Å². The third kappa shape index (κ3) is 5.24. The predicted molar refractivity (Wildman–Crippen MR) is 135 cm³/mol. The minimum absolute atomic E-state index is 0.0278. The topological polar surface area (TPSA) is 94.3 Å². The summed E-state index contributed by atoms with van der Waals surface area (Å²) in [5.41, 5.74) is 1.10. The number of anilines is 1. The molecule has 0 saturated carbocycles. The molecular formula is C25H17Cl2N3O4S. The summed E-state index contributed by atoms with van der Waals surface area (Å²) in [6, 6.07) is 24.2. The molecule has 0 aliphatic carbocycles. The van der Waals surface area contributed by atoms with Crippen LogP contribution in [0.2, 0.25) is 10.0 Å². The lowest BCUT2D eigenvalue weighted by atomic mass is 10.0. The maximum Gasteiger partial charge on any atom is 0.261 e. The lowest BCUT2D eigenvalue weighted by molar-refractivity contribution is 0.287. The van der Waals surface area contributed by atoms with Crippen molar-refractivity contribution in [3.05, 3.63) is 101 Å². The molecule has 0 saturated heterocycles. The second kappa shape index (κ2) is 9.58. The van der Waals surface area contributed by atoms with Crippen LogP contribution in [0.4, 0.5) is 5.69 Å². The molecule has 5 aromatic rings. The van der Waals surface area contributed by atoms with Gasteiger partial charge in [-0.3, -0.25) is 4.72 Å². The van der Waals surface area contributed by atoms with Crippen molar-refractivity contribution in [1.29, 1.82) is 0 Å². The molecule has 35 heavy (non-hydrogen) atoms. The maximum atomic E-state index is 12.8. The maximum absolute atomic E-state index is 12.8. The van der Waals surface area contributed by atoms with Gasteiger partial charge in [-0.1, -0.05) is 64.8 Å². The molecule has 1 N–H and O–H groups in total. The second-order valence-electron chi connectivity index (χ2n) is 7.57. The van der Waals surface area contributed by atoms with Crippen molar-refractivity contribution in [2.75, 3.05) is 4.72 Å². The molecular weight excluding hydrogens is 509 g/mol. The van der Waals surface area contributed by atoms with Gasteiger partial charge in [-0.2, -0.15) is 4.98 Å². The summed E-state index contributed by atoms with van der Waals surface area (Å²) in [6.07, 6.45) is 0. The number of nitrogens with zero attached hydrogens (tertiary/aromatic N) is 2. The van der Waals surface area contributed by atoms with Crippen molar-refractivity contribution in [3.63, 3.8) is 0 Å². The van der Waals surface area contributed by atoms with E-state index in [-0.39, 0.29) is 21.5 Å². The number of ether oxygens (including phenoxy) is 1. The summed E-state index contributed by atoms with van der Waals surface area (Å²) in [6.45, 7) is 0.164. The lowest BCUT2D eigenvalue weighted by Crippen LogP contribution is -2.13. The van der Waals surface area contributed by atoms with Crippen LogP contribution in [0.15, 0.2) is 94.3 Å². The molecule has 0 spiro atoms. The number of rotatable bonds is 7. The van der Waals surface area contributed by atoms with Crippen molar-refractivity contribution in [2.45, 2.75) is 11.5 Å². The van der Waals surface area contributed by atoms with Gasteiger partial charge in [0, 0.05) is 21.3 Å². The molecule has 0 fully saturated rings. The fourth-order valence-corrected chi connectivity index (χ4v) is 5.29. The molecule has 0 aliphatic rings. The second-order valence-corrected chi connectivity index (χ2v) is 10.1. The van der Waals surface area contributed by atoms with Crippen molar-refractivity contribution in [3.8, 4) is 17.2 Å². The number of benzene rings is 4. The van der Waals surface area contributed by atoms with Crippen LogP contribution in [0.25, 0.3) is 22.2 Å². The first-order valence-electron chi connectivity index (χ1n) is 10.4. The first kappa shape index (κ1) is 23.2. The average molecular weight is 526 g/mol. The highest BCUT2D eigenvalue weighted by atomic mass is 35.5. The molecule has 1 aromatic heterocycles. The molecule has 0 amide bonds. The van der Waals surface area contributed by atoms with E-state index in [0.717, 1.165) is 16.3 Å². The van der Waals surface area contributed by atoms with Gasteiger partial charge in [0.1, 0.15) is 5.75 Å². The van der Waals surface area contributed by atoms with Crippen LogP contribution in [0, 0.1) is 0 Å². The third-order valence-electron chi connectivity index (χ3n) is 5.09. The van der Waals surface area contributed by atoms with Gasteiger partial charge in [0.2, 0.25) is 5.82 Å². The van der Waals surface area contributed by atoms with E-state index in [1.54, 1.807) is 18.2 Å². The number of hydrogen-bond donors (Lipinski definition) is 1. The zero-order valence-corrected chi connectivity index (χ0v) is 20.3. The lowest BCUT2D eigenvalue weighted by Gasteiger charge is -2.10. The Kier molecular flexibility index (Phi) is 6.34. The van der Waals surface area contributed by atoms with Crippen LogP contribution < -0.4 is 9.46 Å². The average Bonchev–Trinajstić information content (AvgIpc) is 3.31. The number of aromatic nitrogens is 2. The van der Waals surface area contributed by atoms with E-state index in [1.807, 2.05) is 48.5 Å². The number of para-hydroxylation sites is 1. The molecule has 0 bridgehead atoms. The summed E-state index contributed by atoms with van der Waals surface area (Å²) in [5, 5.41) is 6.07. The first-order valence-corrected chi connectivity index (χ1v) is 12.6. The molecule has 0 unspecified atom stereocenters. The van der Waals surface area contributed by atoms with Gasteiger partial charge in [-0.25, -0.2) is 8.42 Å². The Labute approximate surface area is 211 Å². The molecule has 0 radical (unpaired) electrons. The SMILES string of the molecule is O=S(=O)(Nc1ccc2c(-c3nc(COc4ccccc4)no3)cccc2c1)c1cc(Cl)cc(Cl)c1. The Balaban J connectivity index is 1.39. The van der Waals surface area contributed by atoms with E-state index in [4.69, 9.17) is 32.5 Å². The molecule has 176 valence electrons. The van der Waals surface area contributed by atoms with Gasteiger partial charge in [0.25, 0.3) is 15.9 Å². The van der Waals surface area contributed by atoms with E-state index in [2.05, 4.69) is 14.9 Å². The number of sulfonamides is 1. The highest BCUT2D eigenvalue weighted by Gasteiger charge is 2.17. The molecule has 5 rings (SSSR count). The number of fused-ring (bicyclic) bond motifs is 1. The van der Waals surface area contributed by atoms with Crippen molar-refractivity contribution in [1.82, 2.24) is 10.1 Å². The van der Waals surface area contributed by atoms with Crippen LogP contribution >= 0.6 is 23.2 Å². The van der Waals surface area contributed by atoms with E-state index < -0.39 is 10.0 Å². The van der Waals surface area contributed by atoms with Crippen molar-refractivity contribution in [2.24, 2.45) is 0 Å². The molecule has 4 aromatic carbocycles. The number of nitrogens with one attached hydrogen (secondary N) is 1. The molecule has 0 aliphatic heterocycles. The Hall–Kier alpha value is -3.59. The van der Waals surface area contributed by atoms with Gasteiger partial charge < -0.3 is 9.26 Å². The van der Waals surface area contributed by atoms with E-state index in [1.165, 1.54) is 18.2 Å². The monoisotopic (exact) mass is 525 g/mol. The largest absolute Gasteiger partial charge is 0.485 e. The third-order valence-corrected chi connectivity index (χ3v) is 6.89. The van der Waals surface area contributed by atoms with Crippen molar-refractivity contribution >= 4 is 49.7 Å².